The van der Waals surface area contributed by atoms with Gasteiger partial charge in [-0.1, -0.05) is 177 Å². The smallest absolute Gasteiger partial charge is 0.273 e. The van der Waals surface area contributed by atoms with Crippen LogP contribution in [0.15, 0.2) is 120 Å². The molecule has 9 nitrogen and oxygen atoms in total. The number of aliphatic imine (C=N–C) groups is 1. The monoisotopic (exact) mass is 1010 g/mol. The lowest BCUT2D eigenvalue weighted by molar-refractivity contribution is -0.123. The standard InChI is InChI=1S/C14H17N.C13H16O.C12H15ClN2O.C12H16FN.C11H14N2O/c1-10-11-6-5-7-13(14(2,3)4)12(11)8-9-15-10;1-13(2,3)10-6-4-9-5-7-12(14)11(9)8-10;1-12(2,3)7-5-6-8(13)9-10(7)15(4)14-11(9)16;1-8(14)10-7-9(12(2,3)4)5-6-11(10)13;1-11(2,3)8-4-5-9-12-6-10(14)13(9)7-8/h5-9,15H,1H2,2-4H3;4,6,8H,5,7H2,1-3H3;5-6H,1-4H3,(H,14,16);5-7H,1,14H2,2-4H3;4-5,7H,6H2,1-3H3. The lowest BCUT2D eigenvalue weighted by Crippen LogP contribution is -2.29. The molecule has 1 aromatic heterocycles. The quantitative estimate of drug-likeness (QED) is 0.154. The molecule has 0 saturated heterocycles. The molecule has 1 aliphatic carbocycles. The molecule has 4 aromatic carbocycles. The van der Waals surface area contributed by atoms with Gasteiger partial charge in [-0.25, -0.2) is 4.39 Å². The zero-order valence-electron chi connectivity index (χ0n) is 46.2. The highest BCUT2D eigenvalue weighted by Crippen LogP contribution is 2.35. The first kappa shape index (κ1) is 57.4. The molecule has 0 radical (unpaired) electrons. The van der Waals surface area contributed by atoms with Gasteiger partial charge in [-0.3, -0.25) is 34.1 Å². The summed E-state index contributed by atoms with van der Waals surface area (Å²) >= 11 is 6.06. The van der Waals surface area contributed by atoms with Gasteiger partial charge in [0.25, 0.3) is 11.5 Å². The molecule has 9 rings (SSSR count). The number of aromatic amines is 1. The molecule has 3 aliphatic heterocycles. The number of benzene rings is 4. The fourth-order valence-electron chi connectivity index (χ4n) is 8.60. The Kier molecular flexibility index (Phi) is 17.2. The Bertz CT molecular complexity index is 3110. The van der Waals surface area contributed by atoms with E-state index in [9.17, 15) is 18.8 Å². The molecule has 0 bridgehead atoms. The van der Waals surface area contributed by atoms with E-state index in [0.717, 1.165) is 45.7 Å². The second-order valence-electron chi connectivity index (χ2n) is 24.2. The molecule has 73 heavy (non-hydrogen) atoms. The lowest BCUT2D eigenvalue weighted by atomic mass is 9.81. The third kappa shape index (κ3) is 14.0. The van der Waals surface area contributed by atoms with E-state index in [-0.39, 0.29) is 56.6 Å². The van der Waals surface area contributed by atoms with Crippen molar-refractivity contribution >= 4 is 57.5 Å². The summed E-state index contributed by atoms with van der Waals surface area (Å²) in [5.74, 6) is 0.825. The summed E-state index contributed by atoms with van der Waals surface area (Å²) in [6.07, 6.45) is 11.6. The highest BCUT2D eigenvalue weighted by atomic mass is 35.5. The Morgan fingerprint density at radius 3 is 1.93 bits per heavy atom. The number of halogens is 2. The molecule has 0 fully saturated rings. The molecule has 388 valence electrons. The number of aromatic nitrogens is 2. The van der Waals surface area contributed by atoms with E-state index in [1.165, 1.54) is 33.9 Å². The van der Waals surface area contributed by atoms with Crippen molar-refractivity contribution in [2.45, 2.75) is 138 Å². The van der Waals surface area contributed by atoms with Crippen molar-refractivity contribution in [3.05, 3.63) is 181 Å². The van der Waals surface area contributed by atoms with E-state index in [0.29, 0.717) is 28.2 Å². The van der Waals surface area contributed by atoms with Crippen LogP contribution >= 0.6 is 11.6 Å². The van der Waals surface area contributed by atoms with E-state index < -0.39 is 0 Å². The number of aryl methyl sites for hydroxylation is 2. The van der Waals surface area contributed by atoms with Crippen molar-refractivity contribution in [2.24, 2.45) is 23.2 Å². The van der Waals surface area contributed by atoms with Crippen molar-refractivity contribution in [2.75, 3.05) is 6.54 Å². The van der Waals surface area contributed by atoms with E-state index in [4.69, 9.17) is 17.3 Å². The van der Waals surface area contributed by atoms with Crippen LogP contribution in [0.2, 0.25) is 5.02 Å². The zero-order valence-corrected chi connectivity index (χ0v) is 46.9. The van der Waals surface area contributed by atoms with Gasteiger partial charge < -0.3 is 11.1 Å². The van der Waals surface area contributed by atoms with Gasteiger partial charge in [-0.15, -0.1) is 0 Å². The fraction of sp³-hybridized carbons (Fsp3) is 0.387. The maximum absolute atomic E-state index is 13.3. The number of H-pyrrole nitrogens is 1. The Morgan fingerprint density at radius 1 is 0.726 bits per heavy atom. The molecule has 0 saturated carbocycles. The number of fused-ring (bicyclic) bond motifs is 4. The summed E-state index contributed by atoms with van der Waals surface area (Å²) < 4.78 is 15.0. The maximum atomic E-state index is 13.3. The van der Waals surface area contributed by atoms with Crippen LogP contribution in [0.4, 0.5) is 4.39 Å². The van der Waals surface area contributed by atoms with Crippen LogP contribution in [-0.4, -0.2) is 38.8 Å². The fourth-order valence-corrected chi connectivity index (χ4v) is 8.84. The number of carbonyl (C=O) groups excluding carboxylic acids is 2. The number of nitrogens with one attached hydrogen (secondary N) is 2. The second kappa shape index (κ2) is 21.9. The topological polar surface area (TPSA) is 126 Å². The summed E-state index contributed by atoms with van der Waals surface area (Å²) in [4.78, 5) is 40.5. The van der Waals surface area contributed by atoms with Crippen molar-refractivity contribution < 1.29 is 14.0 Å². The Hall–Kier alpha value is -6.52. The predicted molar refractivity (Wildman–Crippen MR) is 306 cm³/mol. The first-order valence-electron chi connectivity index (χ1n) is 24.9. The highest BCUT2D eigenvalue weighted by molar-refractivity contribution is 6.35. The number of allylic oxidation sites excluding steroid dienone is 2. The number of carbonyl (C=O) groups is 2. The van der Waals surface area contributed by atoms with Crippen LogP contribution in [0.1, 0.15) is 165 Å². The van der Waals surface area contributed by atoms with Crippen LogP contribution in [0.3, 0.4) is 0 Å². The van der Waals surface area contributed by atoms with Crippen LogP contribution in [-0.2, 0) is 39.9 Å². The van der Waals surface area contributed by atoms with E-state index in [1.54, 1.807) is 27.8 Å². The Labute approximate surface area is 438 Å². The molecule has 4 aliphatic rings. The first-order chi connectivity index (χ1) is 33.6. The zero-order chi connectivity index (χ0) is 54.8. The number of Topliss-reactive ketones (excluding diaryl/α,β-unsaturated/α-hetero) is 1. The minimum absolute atomic E-state index is 0.00208. The van der Waals surface area contributed by atoms with Gasteiger partial charge in [0.15, 0.2) is 5.78 Å². The number of nitrogens with two attached hydrogens (primary N) is 1. The van der Waals surface area contributed by atoms with Crippen LogP contribution in [0, 0.1) is 11.2 Å². The number of amides is 1. The molecule has 11 heteroatoms. The summed E-state index contributed by atoms with van der Waals surface area (Å²) in [5.41, 5.74) is 18.9. The van der Waals surface area contributed by atoms with Gasteiger partial charge in [-0.2, -0.15) is 0 Å². The van der Waals surface area contributed by atoms with Crippen LogP contribution in [0.5, 0.6) is 0 Å². The largest absolute Gasteiger partial charge is 0.399 e. The third-order valence-electron chi connectivity index (χ3n) is 13.0. The molecule has 5 aromatic rings. The molecular formula is C62H78ClFN6O3. The van der Waals surface area contributed by atoms with Gasteiger partial charge in [0.2, 0.25) is 0 Å². The van der Waals surface area contributed by atoms with Gasteiger partial charge in [0.1, 0.15) is 18.2 Å². The summed E-state index contributed by atoms with van der Waals surface area (Å²) in [5, 5.41) is 6.97. The number of amidine groups is 1. The third-order valence-corrected chi connectivity index (χ3v) is 13.3. The maximum Gasteiger partial charge on any atom is 0.273 e. The normalized spacial score (nSPS) is 14.9. The predicted octanol–water partition coefficient (Wildman–Crippen LogP) is 14.2. The number of ketones is 1. The molecular weight excluding hydrogens is 931 g/mol. The van der Waals surface area contributed by atoms with Gasteiger partial charge in [0, 0.05) is 54.0 Å². The van der Waals surface area contributed by atoms with Gasteiger partial charge in [-0.05, 0) is 109 Å². The average molecular weight is 1010 g/mol. The van der Waals surface area contributed by atoms with Crippen molar-refractivity contribution in [3.8, 4) is 0 Å². The number of rotatable bonds is 1. The minimum atomic E-state index is -0.314. The lowest BCUT2D eigenvalue weighted by Gasteiger charge is -2.26. The number of nitrogens with zero attached hydrogens (tertiary/aromatic N) is 3. The first-order valence-corrected chi connectivity index (χ1v) is 25.3. The molecule has 4 heterocycles. The minimum Gasteiger partial charge on any atom is -0.399 e. The summed E-state index contributed by atoms with van der Waals surface area (Å²) in [7, 11) is 1.83. The Balaban J connectivity index is 0.000000169. The van der Waals surface area contributed by atoms with Crippen LogP contribution < -0.4 is 16.6 Å². The molecule has 1 amide bonds. The molecule has 4 N–H and O–H groups in total. The SMILES string of the molecule is C=C(N)c1cc(C(C)(C)C)ccc1F.C=C1NC=Cc2c1cccc2C(C)(C)C.CC(C)(C)C1=CN2C(=O)CN=C2C=C1.CC(C)(C)c1ccc2c(c1)C(=O)CC2.Cn1[nH]c(=O)c2c(Cl)ccc(C(C)(C)C)c21. The van der Waals surface area contributed by atoms with E-state index >= 15 is 0 Å². The molecule has 0 spiro atoms. The number of hydrogen-bond donors (Lipinski definition) is 3. The highest BCUT2D eigenvalue weighted by Gasteiger charge is 2.28. The molecule has 0 unspecified atom stereocenters. The summed E-state index contributed by atoms with van der Waals surface area (Å²) in [6, 6.07) is 21.5. The molecule has 0 atom stereocenters. The van der Waals surface area contributed by atoms with E-state index in [2.05, 4.69) is 175 Å². The van der Waals surface area contributed by atoms with E-state index in [1.807, 2.05) is 37.7 Å². The van der Waals surface area contributed by atoms with Gasteiger partial charge in [0.05, 0.1) is 15.9 Å². The van der Waals surface area contributed by atoms with Crippen molar-refractivity contribution in [3.63, 3.8) is 0 Å². The summed E-state index contributed by atoms with van der Waals surface area (Å²) in [6.45, 7) is 40.1. The van der Waals surface area contributed by atoms with Crippen molar-refractivity contribution in [1.29, 1.82) is 0 Å². The van der Waals surface area contributed by atoms with Gasteiger partial charge >= 0.3 is 0 Å². The van der Waals surface area contributed by atoms with Crippen molar-refractivity contribution in [1.82, 2.24) is 20.0 Å². The van der Waals surface area contributed by atoms with Crippen LogP contribution in [0.25, 0.3) is 28.4 Å². The Morgan fingerprint density at radius 2 is 1.34 bits per heavy atom. The average Bonchev–Trinajstić information content (AvgIpc) is 3.95. The number of hydrogen-bond acceptors (Lipinski definition) is 6. The second-order valence-corrected chi connectivity index (χ2v) is 24.6.